The van der Waals surface area contributed by atoms with Crippen LogP contribution in [0.1, 0.15) is 24.5 Å². The standard InChI is InChI=1S/C17H26N2O.2ClH/c1-3-8-18-9-11-19(12-10-18)14-17(20)13-16-7-5-4-6-15(16)2;;/h4-7H,3,8-14H2,1-2H3;2*1H. The summed E-state index contributed by atoms with van der Waals surface area (Å²) < 4.78 is 0. The summed E-state index contributed by atoms with van der Waals surface area (Å²) in [4.78, 5) is 17.0. The number of nitrogens with zero attached hydrogens (tertiary/aromatic N) is 2. The molecule has 1 fully saturated rings. The van der Waals surface area contributed by atoms with Gasteiger partial charge in [0.2, 0.25) is 0 Å². The lowest BCUT2D eigenvalue weighted by atomic mass is 10.0. The van der Waals surface area contributed by atoms with E-state index in [0.717, 1.165) is 26.2 Å². The van der Waals surface area contributed by atoms with Crippen LogP contribution in [0.5, 0.6) is 0 Å². The van der Waals surface area contributed by atoms with E-state index in [-0.39, 0.29) is 24.8 Å². The van der Waals surface area contributed by atoms with Crippen molar-refractivity contribution < 1.29 is 4.79 Å². The second-order valence-electron chi connectivity index (χ2n) is 5.76. The van der Waals surface area contributed by atoms with Crippen LogP contribution in [0.25, 0.3) is 0 Å². The van der Waals surface area contributed by atoms with Crippen LogP contribution in [-0.4, -0.2) is 54.9 Å². The normalized spacial score (nSPS) is 15.7. The molecule has 0 aromatic heterocycles. The third-order valence-electron chi connectivity index (χ3n) is 4.05. The topological polar surface area (TPSA) is 23.6 Å². The zero-order valence-corrected chi connectivity index (χ0v) is 15.2. The Balaban J connectivity index is 0.00000220. The van der Waals surface area contributed by atoms with Gasteiger partial charge in [-0.1, -0.05) is 31.2 Å². The number of hydrogen-bond acceptors (Lipinski definition) is 3. The van der Waals surface area contributed by atoms with Crippen LogP contribution in [-0.2, 0) is 11.2 Å². The second-order valence-corrected chi connectivity index (χ2v) is 5.76. The van der Waals surface area contributed by atoms with Gasteiger partial charge in [0, 0.05) is 32.6 Å². The van der Waals surface area contributed by atoms with Crippen molar-refractivity contribution in [2.75, 3.05) is 39.3 Å². The van der Waals surface area contributed by atoms with Crippen molar-refractivity contribution in [1.29, 1.82) is 0 Å². The summed E-state index contributed by atoms with van der Waals surface area (Å²) >= 11 is 0. The lowest BCUT2D eigenvalue weighted by Gasteiger charge is -2.34. The summed E-state index contributed by atoms with van der Waals surface area (Å²) in [5, 5.41) is 0. The molecule has 1 heterocycles. The van der Waals surface area contributed by atoms with E-state index in [9.17, 15) is 4.79 Å². The van der Waals surface area contributed by atoms with E-state index in [2.05, 4.69) is 35.8 Å². The Morgan fingerprint density at radius 2 is 1.64 bits per heavy atom. The van der Waals surface area contributed by atoms with Crippen LogP contribution >= 0.6 is 24.8 Å². The molecular formula is C17H28Cl2N2O. The molecule has 1 aromatic carbocycles. The van der Waals surface area contributed by atoms with E-state index in [4.69, 9.17) is 0 Å². The predicted molar refractivity (Wildman–Crippen MR) is 97.6 cm³/mol. The molecule has 5 heteroatoms. The van der Waals surface area contributed by atoms with E-state index in [0.29, 0.717) is 18.7 Å². The van der Waals surface area contributed by atoms with Crippen molar-refractivity contribution in [3.05, 3.63) is 35.4 Å². The molecule has 0 N–H and O–H groups in total. The van der Waals surface area contributed by atoms with Gasteiger partial charge in [0.1, 0.15) is 0 Å². The summed E-state index contributed by atoms with van der Waals surface area (Å²) in [5.41, 5.74) is 2.38. The number of piperazine rings is 1. The molecule has 0 atom stereocenters. The number of Topliss-reactive ketones (excluding diaryl/α,β-unsaturated/α-hetero) is 1. The van der Waals surface area contributed by atoms with Gasteiger partial charge in [-0.15, -0.1) is 24.8 Å². The Morgan fingerprint density at radius 1 is 1.05 bits per heavy atom. The van der Waals surface area contributed by atoms with E-state index in [1.54, 1.807) is 0 Å². The minimum absolute atomic E-state index is 0. The average Bonchev–Trinajstić information content (AvgIpc) is 2.44. The smallest absolute Gasteiger partial charge is 0.151 e. The first-order valence-electron chi connectivity index (χ1n) is 7.70. The highest BCUT2D eigenvalue weighted by molar-refractivity contribution is 5.85. The molecule has 0 unspecified atom stereocenters. The van der Waals surface area contributed by atoms with Gasteiger partial charge < -0.3 is 4.90 Å². The maximum atomic E-state index is 12.2. The lowest BCUT2D eigenvalue weighted by Crippen LogP contribution is -2.48. The molecule has 2 rings (SSSR count). The lowest BCUT2D eigenvalue weighted by molar-refractivity contribution is -0.120. The first-order valence-corrected chi connectivity index (χ1v) is 7.70. The van der Waals surface area contributed by atoms with E-state index in [1.165, 1.54) is 24.1 Å². The van der Waals surface area contributed by atoms with Crippen LogP contribution < -0.4 is 0 Å². The van der Waals surface area contributed by atoms with E-state index >= 15 is 0 Å². The molecule has 1 aliphatic rings. The number of halogens is 2. The number of hydrogen-bond donors (Lipinski definition) is 0. The molecule has 1 aliphatic heterocycles. The number of aryl methyl sites for hydroxylation is 1. The highest BCUT2D eigenvalue weighted by Crippen LogP contribution is 2.09. The fraction of sp³-hybridized carbons (Fsp3) is 0.588. The summed E-state index contributed by atoms with van der Waals surface area (Å²) in [6, 6.07) is 8.17. The Hall–Kier alpha value is -0.610. The summed E-state index contributed by atoms with van der Waals surface area (Å²) in [5.74, 6) is 0.336. The molecule has 22 heavy (non-hydrogen) atoms. The molecule has 0 saturated carbocycles. The zero-order valence-electron chi connectivity index (χ0n) is 13.6. The Morgan fingerprint density at radius 3 is 2.23 bits per heavy atom. The fourth-order valence-corrected chi connectivity index (χ4v) is 2.81. The first-order chi connectivity index (χ1) is 9.69. The number of rotatable bonds is 6. The van der Waals surface area contributed by atoms with Gasteiger partial charge in [-0.2, -0.15) is 0 Å². The highest BCUT2D eigenvalue weighted by atomic mass is 35.5. The SMILES string of the molecule is CCCN1CCN(CC(=O)Cc2ccccc2C)CC1.Cl.Cl. The second kappa shape index (κ2) is 11.0. The van der Waals surface area contributed by atoms with Gasteiger partial charge in [-0.05, 0) is 31.0 Å². The quantitative estimate of drug-likeness (QED) is 0.790. The minimum atomic E-state index is 0. The van der Waals surface area contributed by atoms with Gasteiger partial charge >= 0.3 is 0 Å². The van der Waals surface area contributed by atoms with Gasteiger partial charge in [-0.3, -0.25) is 9.69 Å². The maximum Gasteiger partial charge on any atom is 0.151 e. The van der Waals surface area contributed by atoms with Crippen molar-refractivity contribution in [1.82, 2.24) is 9.80 Å². The van der Waals surface area contributed by atoms with Crippen LogP contribution in [0, 0.1) is 6.92 Å². The third-order valence-corrected chi connectivity index (χ3v) is 4.05. The molecule has 1 aromatic rings. The summed E-state index contributed by atoms with van der Waals surface area (Å²) in [6.45, 7) is 10.3. The zero-order chi connectivity index (χ0) is 14.4. The Labute approximate surface area is 146 Å². The molecule has 0 bridgehead atoms. The number of ketones is 1. The molecule has 3 nitrogen and oxygen atoms in total. The minimum Gasteiger partial charge on any atom is -0.301 e. The van der Waals surface area contributed by atoms with Crippen LogP contribution in [0.3, 0.4) is 0 Å². The van der Waals surface area contributed by atoms with E-state index in [1.807, 2.05) is 12.1 Å². The Bertz CT molecular complexity index is 446. The molecule has 0 aliphatic carbocycles. The van der Waals surface area contributed by atoms with Gasteiger partial charge in [-0.25, -0.2) is 0 Å². The van der Waals surface area contributed by atoms with E-state index < -0.39 is 0 Å². The van der Waals surface area contributed by atoms with Crippen molar-refractivity contribution in [2.45, 2.75) is 26.7 Å². The molecular weight excluding hydrogens is 319 g/mol. The van der Waals surface area contributed by atoms with Crippen molar-refractivity contribution >= 4 is 30.6 Å². The maximum absolute atomic E-state index is 12.2. The van der Waals surface area contributed by atoms with Crippen molar-refractivity contribution in [3.63, 3.8) is 0 Å². The predicted octanol–water partition coefficient (Wildman–Crippen LogP) is 2.98. The molecule has 0 amide bonds. The summed E-state index contributed by atoms with van der Waals surface area (Å²) in [6.07, 6.45) is 1.79. The molecule has 0 radical (unpaired) electrons. The number of benzene rings is 1. The van der Waals surface area contributed by atoms with Crippen LogP contribution in [0.2, 0.25) is 0 Å². The molecule has 1 saturated heterocycles. The van der Waals surface area contributed by atoms with Gasteiger partial charge in [0.05, 0.1) is 6.54 Å². The number of carbonyl (C=O) groups is 1. The van der Waals surface area contributed by atoms with Gasteiger partial charge in [0.15, 0.2) is 5.78 Å². The monoisotopic (exact) mass is 346 g/mol. The van der Waals surface area contributed by atoms with Crippen LogP contribution in [0.15, 0.2) is 24.3 Å². The Kier molecular flexibility index (Phi) is 10.7. The van der Waals surface area contributed by atoms with Crippen molar-refractivity contribution in [3.8, 4) is 0 Å². The largest absolute Gasteiger partial charge is 0.301 e. The molecule has 0 spiro atoms. The van der Waals surface area contributed by atoms with Crippen molar-refractivity contribution in [2.24, 2.45) is 0 Å². The third kappa shape index (κ3) is 6.66. The summed E-state index contributed by atoms with van der Waals surface area (Å²) in [7, 11) is 0. The average molecular weight is 347 g/mol. The van der Waals surface area contributed by atoms with Crippen LogP contribution in [0.4, 0.5) is 0 Å². The highest BCUT2D eigenvalue weighted by Gasteiger charge is 2.18. The molecule has 126 valence electrons. The first kappa shape index (κ1) is 21.4. The number of carbonyl (C=O) groups excluding carboxylic acids is 1. The fourth-order valence-electron chi connectivity index (χ4n) is 2.81. The van der Waals surface area contributed by atoms with Gasteiger partial charge in [0.25, 0.3) is 0 Å².